The van der Waals surface area contributed by atoms with Gasteiger partial charge in [0.05, 0.1) is 12.5 Å². The average molecular weight is 198 g/mol. The Morgan fingerprint density at radius 3 is 2.36 bits per heavy atom. The molecule has 1 aliphatic rings. The van der Waals surface area contributed by atoms with Crippen molar-refractivity contribution in [3.8, 4) is 0 Å². The van der Waals surface area contributed by atoms with Crippen molar-refractivity contribution in [1.29, 1.82) is 0 Å². The van der Waals surface area contributed by atoms with Gasteiger partial charge in [-0.2, -0.15) is 0 Å². The number of rotatable bonds is 2. The second-order valence-corrected chi connectivity index (χ2v) is 5.20. The zero-order valence-corrected chi connectivity index (χ0v) is 9.96. The Kier molecular flexibility index (Phi) is 3.23. The third kappa shape index (κ3) is 1.94. The van der Waals surface area contributed by atoms with Crippen molar-refractivity contribution in [3.63, 3.8) is 0 Å². The van der Waals surface area contributed by atoms with Crippen molar-refractivity contribution in [2.45, 2.75) is 41.0 Å². The van der Waals surface area contributed by atoms with Crippen molar-refractivity contribution in [3.05, 3.63) is 0 Å². The molecule has 0 aliphatic heterocycles. The summed E-state index contributed by atoms with van der Waals surface area (Å²) in [5.74, 6) is 1.15. The minimum Gasteiger partial charge on any atom is -0.466 e. The van der Waals surface area contributed by atoms with Crippen LogP contribution in [0.5, 0.6) is 0 Å². The van der Waals surface area contributed by atoms with Crippen LogP contribution in [0.2, 0.25) is 0 Å². The van der Waals surface area contributed by atoms with Gasteiger partial charge in [0.25, 0.3) is 0 Å². The van der Waals surface area contributed by atoms with Gasteiger partial charge in [0.1, 0.15) is 0 Å². The molecule has 0 radical (unpaired) electrons. The lowest BCUT2D eigenvalue weighted by molar-refractivity contribution is -0.149. The van der Waals surface area contributed by atoms with Crippen molar-refractivity contribution < 1.29 is 9.53 Å². The van der Waals surface area contributed by atoms with Crippen LogP contribution >= 0.6 is 0 Å². The minimum absolute atomic E-state index is 0.00238. The predicted octanol–water partition coefficient (Wildman–Crippen LogP) is 2.87. The molecule has 3 unspecified atom stereocenters. The molecule has 2 heteroatoms. The molecule has 0 heterocycles. The van der Waals surface area contributed by atoms with Gasteiger partial charge >= 0.3 is 5.97 Å². The molecule has 0 spiro atoms. The smallest absolute Gasteiger partial charge is 0.309 e. The maximum Gasteiger partial charge on any atom is 0.309 e. The molecular formula is C12H22O2. The van der Waals surface area contributed by atoms with Gasteiger partial charge in [0, 0.05) is 0 Å². The Hall–Kier alpha value is -0.530. The van der Waals surface area contributed by atoms with Gasteiger partial charge in [-0.05, 0) is 30.6 Å². The lowest BCUT2D eigenvalue weighted by atomic mass is 9.81. The number of hydrogen-bond acceptors (Lipinski definition) is 2. The number of ether oxygens (including phenoxy) is 1. The first kappa shape index (κ1) is 11.5. The van der Waals surface area contributed by atoms with E-state index < -0.39 is 0 Å². The Morgan fingerprint density at radius 2 is 2.00 bits per heavy atom. The van der Waals surface area contributed by atoms with Crippen molar-refractivity contribution in [2.24, 2.45) is 23.2 Å². The van der Waals surface area contributed by atoms with Gasteiger partial charge in [-0.3, -0.25) is 4.79 Å². The number of esters is 1. The third-order valence-electron chi connectivity index (χ3n) is 3.99. The van der Waals surface area contributed by atoms with E-state index in [1.54, 1.807) is 0 Å². The molecule has 0 N–H and O–H groups in total. The first-order valence-corrected chi connectivity index (χ1v) is 5.56. The molecule has 0 aromatic rings. The highest BCUT2D eigenvalue weighted by molar-refractivity contribution is 5.73. The summed E-state index contributed by atoms with van der Waals surface area (Å²) in [7, 11) is 0. The Balaban J connectivity index is 2.70. The average Bonchev–Trinajstić information content (AvgIpc) is 2.30. The fourth-order valence-corrected chi connectivity index (χ4v) is 2.55. The molecular weight excluding hydrogens is 176 g/mol. The van der Waals surface area contributed by atoms with Gasteiger partial charge in [0.2, 0.25) is 0 Å². The first-order valence-electron chi connectivity index (χ1n) is 5.56. The largest absolute Gasteiger partial charge is 0.466 e. The van der Waals surface area contributed by atoms with E-state index in [1.807, 2.05) is 6.92 Å². The normalized spacial score (nSPS) is 35.6. The number of carbonyl (C=O) groups excluding carboxylic acids is 1. The zero-order chi connectivity index (χ0) is 10.9. The van der Waals surface area contributed by atoms with Gasteiger partial charge in [0.15, 0.2) is 0 Å². The molecule has 2 nitrogen and oxygen atoms in total. The van der Waals surface area contributed by atoms with Crippen LogP contribution in [0.25, 0.3) is 0 Å². The van der Waals surface area contributed by atoms with Gasteiger partial charge in [-0.15, -0.1) is 0 Å². The van der Waals surface area contributed by atoms with Crippen LogP contribution in [0.4, 0.5) is 0 Å². The molecule has 0 bridgehead atoms. The molecule has 1 saturated carbocycles. The van der Waals surface area contributed by atoms with Crippen LogP contribution in [0.3, 0.4) is 0 Å². The highest BCUT2D eigenvalue weighted by Gasteiger charge is 2.46. The van der Waals surface area contributed by atoms with E-state index >= 15 is 0 Å². The van der Waals surface area contributed by atoms with Crippen molar-refractivity contribution in [1.82, 2.24) is 0 Å². The summed E-state index contributed by atoms with van der Waals surface area (Å²) in [6.07, 6.45) is 0.966. The summed E-state index contributed by atoms with van der Waals surface area (Å²) in [4.78, 5) is 11.7. The predicted molar refractivity (Wildman–Crippen MR) is 56.8 cm³/mol. The second-order valence-electron chi connectivity index (χ2n) is 5.20. The van der Waals surface area contributed by atoms with E-state index in [1.165, 1.54) is 0 Å². The van der Waals surface area contributed by atoms with Gasteiger partial charge in [-0.1, -0.05) is 27.7 Å². The summed E-state index contributed by atoms with van der Waals surface area (Å²) in [6, 6.07) is 0. The van der Waals surface area contributed by atoms with Crippen LogP contribution in [0, 0.1) is 23.2 Å². The Morgan fingerprint density at radius 1 is 1.43 bits per heavy atom. The molecule has 1 fully saturated rings. The monoisotopic (exact) mass is 198 g/mol. The van der Waals surface area contributed by atoms with E-state index in [2.05, 4.69) is 27.7 Å². The molecule has 0 saturated heterocycles. The molecule has 1 aliphatic carbocycles. The van der Waals surface area contributed by atoms with E-state index in [4.69, 9.17) is 4.74 Å². The SMILES string of the molecule is CCOC(=O)C1CC(C)(C)C(C)C1C. The highest BCUT2D eigenvalue weighted by Crippen LogP contribution is 2.49. The maximum atomic E-state index is 11.7. The highest BCUT2D eigenvalue weighted by atomic mass is 16.5. The summed E-state index contributed by atoms with van der Waals surface area (Å²) in [6.45, 7) is 11.3. The zero-order valence-electron chi connectivity index (χ0n) is 9.96. The second kappa shape index (κ2) is 3.92. The third-order valence-corrected chi connectivity index (χ3v) is 3.99. The molecule has 82 valence electrons. The fourth-order valence-electron chi connectivity index (χ4n) is 2.55. The number of carbonyl (C=O) groups is 1. The lowest BCUT2D eigenvalue weighted by Crippen LogP contribution is -2.21. The quantitative estimate of drug-likeness (QED) is 0.638. The van der Waals surface area contributed by atoms with Crippen molar-refractivity contribution in [2.75, 3.05) is 6.61 Å². The van der Waals surface area contributed by atoms with E-state index in [-0.39, 0.29) is 17.3 Å². The summed E-state index contributed by atoms with van der Waals surface area (Å²) in [5, 5.41) is 0. The molecule has 0 aromatic heterocycles. The van der Waals surface area contributed by atoms with Crippen LogP contribution in [0.15, 0.2) is 0 Å². The van der Waals surface area contributed by atoms with E-state index in [0.717, 1.165) is 6.42 Å². The molecule has 0 aromatic carbocycles. The summed E-state index contributed by atoms with van der Waals surface area (Å²) in [5.41, 5.74) is 0.275. The van der Waals surface area contributed by atoms with Crippen LogP contribution in [0.1, 0.15) is 41.0 Å². The molecule has 14 heavy (non-hydrogen) atoms. The van der Waals surface area contributed by atoms with Crippen LogP contribution < -0.4 is 0 Å². The molecule has 1 rings (SSSR count). The first-order chi connectivity index (χ1) is 6.40. The van der Waals surface area contributed by atoms with Crippen LogP contribution in [-0.4, -0.2) is 12.6 Å². The molecule has 3 atom stereocenters. The van der Waals surface area contributed by atoms with E-state index in [9.17, 15) is 4.79 Å². The summed E-state index contributed by atoms with van der Waals surface area (Å²) < 4.78 is 5.10. The standard InChI is InChI=1S/C12H22O2/c1-6-14-11(13)10-7-12(4,5)9(3)8(10)2/h8-10H,6-7H2,1-5H3. The lowest BCUT2D eigenvalue weighted by Gasteiger charge is -2.24. The minimum atomic E-state index is -0.00238. The van der Waals surface area contributed by atoms with E-state index in [0.29, 0.717) is 18.4 Å². The van der Waals surface area contributed by atoms with Crippen LogP contribution in [-0.2, 0) is 9.53 Å². The maximum absolute atomic E-state index is 11.7. The number of hydrogen-bond donors (Lipinski definition) is 0. The van der Waals surface area contributed by atoms with Gasteiger partial charge in [-0.25, -0.2) is 0 Å². The topological polar surface area (TPSA) is 26.3 Å². The van der Waals surface area contributed by atoms with Crippen molar-refractivity contribution >= 4 is 5.97 Å². The van der Waals surface area contributed by atoms with Gasteiger partial charge < -0.3 is 4.74 Å². The Bertz CT molecular complexity index is 220. The Labute approximate surface area is 87.0 Å². The molecule has 0 amide bonds. The fraction of sp³-hybridized carbons (Fsp3) is 0.917. The summed E-state index contributed by atoms with van der Waals surface area (Å²) >= 11 is 0.